The van der Waals surface area contributed by atoms with Crippen molar-refractivity contribution in [2.45, 2.75) is 6.42 Å². The van der Waals surface area contributed by atoms with Crippen LogP contribution in [0.4, 0.5) is 4.39 Å². The Hall–Kier alpha value is -1.52. The van der Waals surface area contributed by atoms with E-state index < -0.39 is 10.7 Å². The van der Waals surface area contributed by atoms with Crippen LogP contribution in [0.2, 0.25) is 0 Å². The first-order valence-electron chi connectivity index (χ1n) is 3.41. The van der Waals surface area contributed by atoms with Gasteiger partial charge in [0.2, 0.25) is 6.54 Å². The third kappa shape index (κ3) is 2.26. The number of hydrogen-bond acceptors (Lipinski definition) is 3. The Morgan fingerprint density at radius 2 is 2.42 bits per heavy atom. The van der Waals surface area contributed by atoms with Crippen molar-refractivity contribution < 1.29 is 9.31 Å². The van der Waals surface area contributed by atoms with Gasteiger partial charge >= 0.3 is 0 Å². The van der Waals surface area contributed by atoms with E-state index in [4.69, 9.17) is 0 Å². The fourth-order valence-electron chi connectivity index (χ4n) is 0.800. The van der Waals surface area contributed by atoms with Crippen LogP contribution in [0.1, 0.15) is 5.69 Å². The van der Waals surface area contributed by atoms with Crippen LogP contribution in [0.25, 0.3) is 0 Å². The molecule has 0 unspecified atom stereocenters. The summed E-state index contributed by atoms with van der Waals surface area (Å²) in [7, 11) is 0. The molecule has 4 nitrogen and oxygen atoms in total. The van der Waals surface area contributed by atoms with Gasteiger partial charge in [-0.3, -0.25) is 15.1 Å². The number of pyridine rings is 1. The second-order valence-corrected chi connectivity index (χ2v) is 2.24. The predicted molar refractivity (Wildman–Crippen MR) is 39.8 cm³/mol. The Morgan fingerprint density at radius 3 is 3.00 bits per heavy atom. The molecule has 0 aromatic carbocycles. The average Bonchev–Trinajstić information content (AvgIpc) is 2.03. The highest BCUT2D eigenvalue weighted by Crippen LogP contribution is 2.02. The second-order valence-electron chi connectivity index (χ2n) is 2.24. The molecule has 1 aromatic rings. The summed E-state index contributed by atoms with van der Waals surface area (Å²) in [6.07, 6.45) is 1.46. The van der Waals surface area contributed by atoms with Crippen LogP contribution in [0.3, 0.4) is 0 Å². The van der Waals surface area contributed by atoms with Gasteiger partial charge in [-0.2, -0.15) is 0 Å². The number of aromatic nitrogens is 1. The number of halogens is 1. The highest BCUT2D eigenvalue weighted by atomic mass is 19.1. The molecule has 0 saturated carbocycles. The zero-order chi connectivity index (χ0) is 8.97. The fourth-order valence-corrected chi connectivity index (χ4v) is 0.800. The molecule has 0 aliphatic rings. The van der Waals surface area contributed by atoms with Gasteiger partial charge in [-0.15, -0.1) is 0 Å². The van der Waals surface area contributed by atoms with E-state index in [1.165, 1.54) is 18.3 Å². The van der Waals surface area contributed by atoms with E-state index in [0.717, 1.165) is 0 Å². The second kappa shape index (κ2) is 3.75. The summed E-state index contributed by atoms with van der Waals surface area (Å²) >= 11 is 0. The van der Waals surface area contributed by atoms with Crippen molar-refractivity contribution >= 4 is 0 Å². The molecule has 0 amide bonds. The van der Waals surface area contributed by atoms with Crippen LogP contribution in [0.15, 0.2) is 18.3 Å². The molecular weight excluding hydrogens is 163 g/mol. The standard InChI is InChI=1S/C7H7FN2O2/c8-6-2-1-4-9-7(6)3-5-10(11)12/h1-2,4H,3,5H2. The molecule has 1 aromatic heterocycles. The Bertz CT molecular complexity index is 290. The van der Waals surface area contributed by atoms with E-state index in [1.807, 2.05) is 0 Å². The molecule has 0 atom stereocenters. The zero-order valence-electron chi connectivity index (χ0n) is 6.24. The number of nitro groups is 1. The summed E-state index contributed by atoms with van der Waals surface area (Å²) < 4.78 is 12.8. The molecule has 0 saturated heterocycles. The summed E-state index contributed by atoms with van der Waals surface area (Å²) in [5.74, 6) is -0.487. The van der Waals surface area contributed by atoms with E-state index in [-0.39, 0.29) is 18.7 Å². The minimum atomic E-state index is -0.492. The van der Waals surface area contributed by atoms with Crippen LogP contribution in [0, 0.1) is 15.9 Å². The first kappa shape index (κ1) is 8.58. The lowest BCUT2D eigenvalue weighted by atomic mass is 10.2. The first-order valence-corrected chi connectivity index (χ1v) is 3.41. The van der Waals surface area contributed by atoms with Crippen molar-refractivity contribution in [3.05, 3.63) is 40.0 Å². The summed E-state index contributed by atoms with van der Waals surface area (Å²) in [6, 6.07) is 2.69. The van der Waals surface area contributed by atoms with Gasteiger partial charge in [0, 0.05) is 11.1 Å². The van der Waals surface area contributed by atoms with Crippen molar-refractivity contribution in [1.29, 1.82) is 0 Å². The predicted octanol–water partition coefficient (Wildman–Crippen LogP) is 1.04. The van der Waals surface area contributed by atoms with Crippen LogP contribution in [-0.4, -0.2) is 16.5 Å². The maximum atomic E-state index is 12.8. The lowest BCUT2D eigenvalue weighted by molar-refractivity contribution is -0.479. The molecule has 0 bridgehead atoms. The summed E-state index contributed by atoms with van der Waals surface area (Å²) in [5, 5.41) is 9.94. The Morgan fingerprint density at radius 1 is 1.67 bits per heavy atom. The minimum absolute atomic E-state index is 0.0413. The molecule has 64 valence electrons. The van der Waals surface area contributed by atoms with E-state index in [2.05, 4.69) is 4.98 Å². The number of nitrogens with zero attached hydrogens (tertiary/aromatic N) is 2. The van der Waals surface area contributed by atoms with Gasteiger partial charge in [-0.1, -0.05) is 0 Å². The lowest BCUT2D eigenvalue weighted by Gasteiger charge is -1.96. The quantitative estimate of drug-likeness (QED) is 0.503. The highest BCUT2D eigenvalue weighted by molar-refractivity contribution is 5.06. The van der Waals surface area contributed by atoms with Gasteiger partial charge in [0.1, 0.15) is 5.82 Å². The van der Waals surface area contributed by atoms with E-state index in [1.54, 1.807) is 0 Å². The molecular formula is C7H7FN2O2. The largest absolute Gasteiger partial charge is 0.265 e. The normalized spacial score (nSPS) is 9.75. The Kier molecular flexibility index (Phi) is 2.68. The topological polar surface area (TPSA) is 56.0 Å². The Labute approximate surface area is 68.2 Å². The van der Waals surface area contributed by atoms with Gasteiger partial charge in [0.15, 0.2) is 0 Å². The van der Waals surface area contributed by atoms with Crippen LogP contribution in [-0.2, 0) is 6.42 Å². The van der Waals surface area contributed by atoms with Gasteiger partial charge in [-0.05, 0) is 12.1 Å². The first-order chi connectivity index (χ1) is 5.70. The van der Waals surface area contributed by atoms with Crippen molar-refractivity contribution in [3.8, 4) is 0 Å². The monoisotopic (exact) mass is 170 g/mol. The molecule has 0 aliphatic heterocycles. The summed E-state index contributed by atoms with van der Waals surface area (Å²) in [5.41, 5.74) is 0.147. The van der Waals surface area contributed by atoms with Gasteiger partial charge < -0.3 is 0 Å². The van der Waals surface area contributed by atoms with Crippen LogP contribution < -0.4 is 0 Å². The van der Waals surface area contributed by atoms with Crippen molar-refractivity contribution in [3.63, 3.8) is 0 Å². The van der Waals surface area contributed by atoms with E-state index >= 15 is 0 Å². The fraction of sp³-hybridized carbons (Fsp3) is 0.286. The van der Waals surface area contributed by atoms with E-state index in [0.29, 0.717) is 0 Å². The van der Waals surface area contributed by atoms with Gasteiger partial charge in [0.05, 0.1) is 12.1 Å². The minimum Gasteiger partial charge on any atom is -0.265 e. The van der Waals surface area contributed by atoms with Crippen molar-refractivity contribution in [2.75, 3.05) is 6.54 Å². The lowest BCUT2D eigenvalue weighted by Crippen LogP contribution is -2.06. The smallest absolute Gasteiger partial charge is 0.209 e. The molecule has 0 radical (unpaired) electrons. The van der Waals surface area contributed by atoms with E-state index in [9.17, 15) is 14.5 Å². The van der Waals surface area contributed by atoms with Crippen molar-refractivity contribution in [1.82, 2.24) is 4.98 Å². The SMILES string of the molecule is O=[N+]([O-])CCc1ncccc1F. The summed E-state index contributed by atoms with van der Waals surface area (Å²) in [4.78, 5) is 13.1. The number of hydrogen-bond donors (Lipinski definition) is 0. The average molecular weight is 170 g/mol. The number of rotatable bonds is 3. The molecule has 1 heterocycles. The molecule has 0 aliphatic carbocycles. The molecule has 5 heteroatoms. The third-order valence-electron chi connectivity index (χ3n) is 1.37. The molecule has 0 fully saturated rings. The van der Waals surface area contributed by atoms with Crippen LogP contribution >= 0.6 is 0 Å². The molecule has 12 heavy (non-hydrogen) atoms. The zero-order valence-corrected chi connectivity index (χ0v) is 6.24. The maximum Gasteiger partial charge on any atom is 0.209 e. The Balaban J connectivity index is 2.63. The highest BCUT2D eigenvalue weighted by Gasteiger charge is 2.05. The van der Waals surface area contributed by atoms with Gasteiger partial charge in [-0.25, -0.2) is 4.39 Å². The van der Waals surface area contributed by atoms with Crippen LogP contribution in [0.5, 0.6) is 0 Å². The van der Waals surface area contributed by atoms with Crippen molar-refractivity contribution in [2.24, 2.45) is 0 Å². The molecule has 0 spiro atoms. The molecule has 1 rings (SSSR count). The molecule has 0 N–H and O–H groups in total. The third-order valence-corrected chi connectivity index (χ3v) is 1.37. The maximum absolute atomic E-state index is 12.8. The van der Waals surface area contributed by atoms with Gasteiger partial charge in [0.25, 0.3) is 0 Å². The summed E-state index contributed by atoms with van der Waals surface area (Å²) in [6.45, 7) is -0.284.